The van der Waals surface area contributed by atoms with Gasteiger partial charge in [-0.25, -0.2) is 9.78 Å². The predicted molar refractivity (Wildman–Crippen MR) is 126 cm³/mol. The van der Waals surface area contributed by atoms with Crippen molar-refractivity contribution >= 4 is 22.3 Å². The molecule has 0 saturated carbocycles. The van der Waals surface area contributed by atoms with Gasteiger partial charge in [0.2, 0.25) is 0 Å². The Balaban J connectivity index is 1.45. The Bertz CT molecular complexity index is 989. The number of ether oxygens (including phenoxy) is 1. The smallest absolute Gasteiger partial charge is 0.317 e. The molecular weight excluding hydrogens is 408 g/mol. The summed E-state index contributed by atoms with van der Waals surface area (Å²) < 4.78 is 7.96. The molecule has 1 aliphatic heterocycles. The third-order valence-electron chi connectivity index (χ3n) is 5.81. The van der Waals surface area contributed by atoms with E-state index in [0.29, 0.717) is 13.1 Å². The molecule has 1 fully saturated rings. The van der Waals surface area contributed by atoms with Gasteiger partial charge in [-0.1, -0.05) is 43.2 Å². The molecule has 0 spiro atoms. The number of nitrogens with one attached hydrogen (secondary N) is 1. The summed E-state index contributed by atoms with van der Waals surface area (Å²) in [5.41, 5.74) is 4.54. The molecule has 3 heterocycles. The number of amides is 2. The summed E-state index contributed by atoms with van der Waals surface area (Å²) in [5, 5.41) is 5.22. The topological polar surface area (TPSA) is 58.9 Å². The van der Waals surface area contributed by atoms with Gasteiger partial charge < -0.3 is 15.0 Å². The van der Waals surface area contributed by atoms with Crippen LogP contribution in [0, 0.1) is 6.92 Å². The van der Waals surface area contributed by atoms with E-state index in [-0.39, 0.29) is 12.1 Å². The first-order valence-electron chi connectivity index (χ1n) is 11.3. The highest BCUT2D eigenvalue weighted by atomic mass is 32.1. The number of urea groups is 1. The summed E-state index contributed by atoms with van der Waals surface area (Å²) in [5.74, 6) is 0. The van der Waals surface area contributed by atoms with Crippen LogP contribution in [-0.4, -0.2) is 52.7 Å². The fourth-order valence-electron chi connectivity index (χ4n) is 3.92. The molecule has 3 aromatic rings. The van der Waals surface area contributed by atoms with Crippen molar-refractivity contribution in [1.29, 1.82) is 0 Å². The number of thiazole rings is 1. The third-order valence-corrected chi connectivity index (χ3v) is 6.70. The van der Waals surface area contributed by atoms with Crippen molar-refractivity contribution in [1.82, 2.24) is 19.6 Å². The normalized spacial score (nSPS) is 16.1. The highest BCUT2D eigenvalue weighted by Crippen LogP contribution is 2.24. The lowest BCUT2D eigenvalue weighted by molar-refractivity contribution is 0.0815. The minimum absolute atomic E-state index is 0.0152. The molecule has 1 atom stereocenters. The first-order valence-corrected chi connectivity index (χ1v) is 12.2. The second kappa shape index (κ2) is 10.3. The minimum atomic E-state index is 0.0152. The van der Waals surface area contributed by atoms with Gasteiger partial charge in [0.1, 0.15) is 0 Å². The molecule has 2 amide bonds. The molecule has 0 radical (unpaired) electrons. The Labute approximate surface area is 188 Å². The Hall–Kier alpha value is -2.38. The monoisotopic (exact) mass is 440 g/mol. The molecule has 31 heavy (non-hydrogen) atoms. The van der Waals surface area contributed by atoms with Gasteiger partial charge >= 0.3 is 6.03 Å². The van der Waals surface area contributed by atoms with Crippen LogP contribution in [0.5, 0.6) is 0 Å². The van der Waals surface area contributed by atoms with E-state index in [4.69, 9.17) is 9.72 Å². The van der Waals surface area contributed by atoms with Crippen LogP contribution in [0.2, 0.25) is 0 Å². The SMILES string of the molecule is CCCCNC(=O)N(CCc1csc2nc(-c3ccc(C)cc3)cn12)CC1CCCO1. The van der Waals surface area contributed by atoms with Crippen LogP contribution >= 0.6 is 11.3 Å². The molecule has 2 aromatic heterocycles. The van der Waals surface area contributed by atoms with E-state index in [0.717, 1.165) is 61.5 Å². The molecule has 7 heteroatoms. The van der Waals surface area contributed by atoms with Gasteiger partial charge in [0, 0.05) is 55.5 Å². The average Bonchev–Trinajstić information content (AvgIpc) is 3.50. The highest BCUT2D eigenvalue weighted by Gasteiger charge is 2.23. The number of fused-ring (bicyclic) bond motifs is 1. The van der Waals surface area contributed by atoms with Crippen molar-refractivity contribution in [3.63, 3.8) is 0 Å². The average molecular weight is 441 g/mol. The number of imidazole rings is 1. The molecular formula is C24H32N4O2S. The van der Waals surface area contributed by atoms with Gasteiger partial charge in [0.15, 0.2) is 4.96 Å². The number of benzene rings is 1. The number of unbranched alkanes of at least 4 members (excludes halogenated alkanes) is 1. The van der Waals surface area contributed by atoms with Crippen LogP contribution in [0.3, 0.4) is 0 Å². The summed E-state index contributed by atoms with van der Waals surface area (Å²) in [6, 6.07) is 8.48. The minimum Gasteiger partial charge on any atom is -0.376 e. The molecule has 1 unspecified atom stereocenters. The number of aryl methyl sites for hydroxylation is 1. The summed E-state index contributed by atoms with van der Waals surface area (Å²) >= 11 is 1.65. The van der Waals surface area contributed by atoms with Crippen molar-refractivity contribution in [2.45, 2.75) is 52.1 Å². The number of nitrogens with zero attached hydrogens (tertiary/aromatic N) is 3. The lowest BCUT2D eigenvalue weighted by atomic mass is 10.1. The summed E-state index contributed by atoms with van der Waals surface area (Å²) in [7, 11) is 0. The molecule has 0 bridgehead atoms. The molecule has 166 valence electrons. The lowest BCUT2D eigenvalue weighted by Crippen LogP contribution is -2.45. The van der Waals surface area contributed by atoms with Gasteiger partial charge in [-0.15, -0.1) is 11.3 Å². The van der Waals surface area contributed by atoms with Gasteiger partial charge in [-0.05, 0) is 26.2 Å². The lowest BCUT2D eigenvalue weighted by Gasteiger charge is -2.25. The second-order valence-corrected chi connectivity index (χ2v) is 9.12. The van der Waals surface area contributed by atoms with Crippen LogP contribution in [0.25, 0.3) is 16.2 Å². The van der Waals surface area contributed by atoms with E-state index in [1.807, 2.05) is 4.90 Å². The van der Waals surface area contributed by atoms with E-state index < -0.39 is 0 Å². The Kier molecular flexibility index (Phi) is 7.25. The van der Waals surface area contributed by atoms with Crippen LogP contribution in [0.4, 0.5) is 4.79 Å². The third kappa shape index (κ3) is 5.46. The highest BCUT2D eigenvalue weighted by molar-refractivity contribution is 7.15. The quantitative estimate of drug-likeness (QED) is 0.481. The van der Waals surface area contributed by atoms with E-state index >= 15 is 0 Å². The number of carbonyl (C=O) groups is 1. The molecule has 1 aliphatic rings. The predicted octanol–water partition coefficient (Wildman–Crippen LogP) is 4.90. The number of hydrogen-bond acceptors (Lipinski definition) is 4. The van der Waals surface area contributed by atoms with Crippen LogP contribution < -0.4 is 5.32 Å². The Morgan fingerprint density at radius 1 is 1.35 bits per heavy atom. The number of aromatic nitrogens is 2. The zero-order chi connectivity index (χ0) is 21.6. The largest absolute Gasteiger partial charge is 0.376 e. The van der Waals surface area contributed by atoms with Crippen LogP contribution in [0.1, 0.15) is 43.9 Å². The van der Waals surface area contributed by atoms with Crippen molar-refractivity contribution in [3.05, 3.63) is 47.1 Å². The Morgan fingerprint density at radius 2 is 2.19 bits per heavy atom. The van der Waals surface area contributed by atoms with Crippen molar-refractivity contribution in [2.75, 3.05) is 26.2 Å². The van der Waals surface area contributed by atoms with E-state index in [9.17, 15) is 4.79 Å². The summed E-state index contributed by atoms with van der Waals surface area (Å²) in [6.45, 7) is 7.08. The fourth-order valence-corrected chi connectivity index (χ4v) is 4.82. The van der Waals surface area contributed by atoms with Gasteiger partial charge in [0.25, 0.3) is 0 Å². The molecule has 4 rings (SSSR count). The first-order chi connectivity index (χ1) is 15.1. The van der Waals surface area contributed by atoms with Crippen molar-refractivity contribution in [3.8, 4) is 11.3 Å². The molecule has 0 aliphatic carbocycles. The standard InChI is InChI=1S/C24H32N4O2S/c1-3-4-12-25-23(29)27(15-21-6-5-14-30-21)13-11-20-17-31-24-26-22(16-28(20)24)19-9-7-18(2)8-10-19/h7-10,16-17,21H,3-6,11-15H2,1-2H3,(H,25,29). The summed E-state index contributed by atoms with van der Waals surface area (Å²) in [4.78, 5) is 20.5. The second-order valence-electron chi connectivity index (χ2n) is 8.29. The van der Waals surface area contributed by atoms with Crippen molar-refractivity contribution in [2.24, 2.45) is 0 Å². The fraction of sp³-hybridized carbons (Fsp3) is 0.500. The first kappa shape index (κ1) is 21.8. The zero-order valence-electron chi connectivity index (χ0n) is 18.5. The maximum absolute atomic E-state index is 12.8. The van der Waals surface area contributed by atoms with E-state index in [1.54, 1.807) is 11.3 Å². The summed E-state index contributed by atoms with van der Waals surface area (Å²) in [6.07, 6.45) is 7.24. The van der Waals surface area contributed by atoms with Crippen LogP contribution in [-0.2, 0) is 11.2 Å². The molecule has 1 aromatic carbocycles. The number of rotatable bonds is 9. The molecule has 1 saturated heterocycles. The maximum Gasteiger partial charge on any atom is 0.317 e. The van der Waals surface area contributed by atoms with E-state index in [2.05, 4.69) is 59.4 Å². The molecule has 6 nitrogen and oxygen atoms in total. The van der Waals surface area contributed by atoms with Gasteiger partial charge in [-0.2, -0.15) is 0 Å². The Morgan fingerprint density at radius 3 is 2.94 bits per heavy atom. The van der Waals surface area contributed by atoms with Gasteiger partial charge in [0.05, 0.1) is 11.8 Å². The zero-order valence-corrected chi connectivity index (χ0v) is 19.3. The van der Waals surface area contributed by atoms with Crippen molar-refractivity contribution < 1.29 is 9.53 Å². The van der Waals surface area contributed by atoms with Gasteiger partial charge in [-0.3, -0.25) is 4.40 Å². The molecule has 1 N–H and O–H groups in total. The maximum atomic E-state index is 12.8. The van der Waals surface area contributed by atoms with E-state index in [1.165, 1.54) is 11.3 Å². The van der Waals surface area contributed by atoms with Crippen LogP contribution in [0.15, 0.2) is 35.8 Å². The number of hydrogen-bond donors (Lipinski definition) is 1. The number of carbonyl (C=O) groups excluding carboxylic acids is 1.